The van der Waals surface area contributed by atoms with E-state index in [2.05, 4.69) is 4.74 Å². The molecular weight excluding hydrogens is 249 g/mol. The second-order valence-electron chi connectivity index (χ2n) is 4.18. The monoisotopic (exact) mass is 262 g/mol. The van der Waals surface area contributed by atoms with Gasteiger partial charge in [-0.05, 0) is 30.5 Å². The van der Waals surface area contributed by atoms with Gasteiger partial charge in [-0.25, -0.2) is 0 Å². The van der Waals surface area contributed by atoms with E-state index in [1.807, 2.05) is 0 Å². The van der Waals surface area contributed by atoms with Gasteiger partial charge in [0.15, 0.2) is 0 Å². The van der Waals surface area contributed by atoms with E-state index in [-0.39, 0.29) is 12.4 Å². The van der Waals surface area contributed by atoms with E-state index in [1.165, 1.54) is 24.3 Å². The van der Waals surface area contributed by atoms with Crippen LogP contribution >= 0.6 is 0 Å². The summed E-state index contributed by atoms with van der Waals surface area (Å²) in [7, 11) is 0. The first-order valence-corrected chi connectivity index (χ1v) is 5.56. The topological polar surface area (TPSA) is 38.7 Å². The Morgan fingerprint density at radius 3 is 2.39 bits per heavy atom. The molecule has 1 atom stereocenters. The lowest BCUT2D eigenvalue weighted by Crippen LogP contribution is -2.29. The molecule has 1 heterocycles. The number of halogens is 3. The van der Waals surface area contributed by atoms with E-state index in [9.17, 15) is 18.3 Å². The van der Waals surface area contributed by atoms with E-state index in [4.69, 9.17) is 4.74 Å². The van der Waals surface area contributed by atoms with Crippen LogP contribution in [0.2, 0.25) is 0 Å². The smallest absolute Gasteiger partial charge is 0.406 e. The van der Waals surface area contributed by atoms with E-state index < -0.39 is 12.0 Å². The average molecular weight is 262 g/mol. The van der Waals surface area contributed by atoms with Crippen LogP contribution in [0.1, 0.15) is 18.4 Å². The first-order chi connectivity index (χ1) is 8.45. The van der Waals surface area contributed by atoms with Gasteiger partial charge >= 0.3 is 6.36 Å². The Bertz CT molecular complexity index is 394. The van der Waals surface area contributed by atoms with Crippen molar-refractivity contribution >= 4 is 0 Å². The number of ether oxygens (including phenoxy) is 2. The number of benzene rings is 1. The van der Waals surface area contributed by atoms with Crippen molar-refractivity contribution in [1.82, 2.24) is 0 Å². The Hall–Kier alpha value is -1.27. The first kappa shape index (κ1) is 13.2. The second-order valence-corrected chi connectivity index (χ2v) is 4.18. The minimum absolute atomic E-state index is 0.188. The maximum absolute atomic E-state index is 12.0. The summed E-state index contributed by atoms with van der Waals surface area (Å²) in [5.41, 5.74) is -0.117. The molecule has 0 bridgehead atoms. The van der Waals surface area contributed by atoms with Crippen LogP contribution in [0.3, 0.4) is 0 Å². The minimum atomic E-state index is -4.69. The van der Waals surface area contributed by atoms with Crippen LogP contribution in [0, 0.1) is 0 Å². The van der Waals surface area contributed by atoms with Crippen molar-refractivity contribution in [1.29, 1.82) is 0 Å². The highest BCUT2D eigenvalue weighted by molar-refractivity contribution is 5.31. The van der Waals surface area contributed by atoms with E-state index >= 15 is 0 Å². The predicted octanol–water partition coefficient (Wildman–Crippen LogP) is 2.58. The Labute approximate surface area is 102 Å². The highest BCUT2D eigenvalue weighted by Gasteiger charge is 2.37. The molecule has 1 saturated heterocycles. The van der Waals surface area contributed by atoms with Gasteiger partial charge in [0.25, 0.3) is 0 Å². The van der Waals surface area contributed by atoms with E-state index in [0.29, 0.717) is 18.6 Å². The Morgan fingerprint density at radius 2 is 1.94 bits per heavy atom. The van der Waals surface area contributed by atoms with Crippen LogP contribution in [0.5, 0.6) is 5.75 Å². The molecule has 0 aliphatic carbocycles. The third kappa shape index (κ3) is 2.76. The number of alkyl halides is 3. The highest BCUT2D eigenvalue weighted by atomic mass is 19.4. The van der Waals surface area contributed by atoms with Crippen molar-refractivity contribution in [2.45, 2.75) is 24.8 Å². The molecule has 100 valence electrons. The molecule has 1 aromatic carbocycles. The van der Waals surface area contributed by atoms with Crippen LogP contribution in [0.4, 0.5) is 13.2 Å². The molecule has 1 unspecified atom stereocenters. The third-order valence-electron chi connectivity index (χ3n) is 2.97. The van der Waals surface area contributed by atoms with Gasteiger partial charge in [0.2, 0.25) is 0 Å². The Balaban J connectivity index is 2.16. The molecular formula is C12H13F3O3. The molecule has 0 aromatic heterocycles. The molecule has 1 N–H and O–H groups in total. The quantitative estimate of drug-likeness (QED) is 0.910. The molecule has 6 heteroatoms. The van der Waals surface area contributed by atoms with E-state index in [1.54, 1.807) is 0 Å². The summed E-state index contributed by atoms with van der Waals surface area (Å²) >= 11 is 0. The molecule has 0 radical (unpaired) electrons. The fourth-order valence-electron chi connectivity index (χ4n) is 2.10. The summed E-state index contributed by atoms with van der Waals surface area (Å²) in [5.74, 6) is -0.280. The fraction of sp³-hybridized carbons (Fsp3) is 0.500. The largest absolute Gasteiger partial charge is 0.573 e. The molecule has 0 spiro atoms. The van der Waals surface area contributed by atoms with E-state index in [0.717, 1.165) is 6.42 Å². The fourth-order valence-corrected chi connectivity index (χ4v) is 2.10. The summed E-state index contributed by atoms with van der Waals surface area (Å²) in [6, 6.07) is 5.43. The minimum Gasteiger partial charge on any atom is -0.406 e. The molecule has 1 fully saturated rings. The first-order valence-electron chi connectivity index (χ1n) is 5.56. The summed E-state index contributed by atoms with van der Waals surface area (Å²) < 4.78 is 45.3. The standard InChI is InChI=1S/C12H13F3O3/c13-12(14,15)18-10-4-2-9(3-5-10)11(8-16)6-1-7-17-11/h2-5,16H,1,6-8H2. The lowest BCUT2D eigenvalue weighted by molar-refractivity contribution is -0.274. The Morgan fingerprint density at radius 1 is 1.28 bits per heavy atom. The zero-order chi connectivity index (χ0) is 13.2. The molecule has 0 amide bonds. The second kappa shape index (κ2) is 4.78. The van der Waals surface area contributed by atoms with Crippen LogP contribution in [-0.4, -0.2) is 24.7 Å². The van der Waals surface area contributed by atoms with Crippen LogP contribution < -0.4 is 4.74 Å². The van der Waals surface area contributed by atoms with Gasteiger partial charge in [-0.15, -0.1) is 13.2 Å². The third-order valence-corrected chi connectivity index (χ3v) is 2.97. The zero-order valence-corrected chi connectivity index (χ0v) is 9.54. The molecule has 0 saturated carbocycles. The normalized spacial score (nSPS) is 24.2. The summed E-state index contributed by atoms with van der Waals surface area (Å²) in [6.07, 6.45) is -3.22. The maximum atomic E-state index is 12.0. The van der Waals surface area contributed by atoms with Gasteiger partial charge in [0.1, 0.15) is 11.4 Å². The molecule has 3 nitrogen and oxygen atoms in total. The van der Waals surface area contributed by atoms with Gasteiger partial charge in [-0.1, -0.05) is 12.1 Å². The Kier molecular flexibility index (Phi) is 3.49. The molecule has 2 rings (SSSR count). The number of rotatable bonds is 3. The SMILES string of the molecule is OCC1(c2ccc(OC(F)(F)F)cc2)CCCO1. The lowest BCUT2D eigenvalue weighted by atomic mass is 9.92. The average Bonchev–Trinajstić information content (AvgIpc) is 2.77. The van der Waals surface area contributed by atoms with Crippen molar-refractivity contribution in [3.8, 4) is 5.75 Å². The van der Waals surface area contributed by atoms with Gasteiger partial charge in [0, 0.05) is 6.61 Å². The van der Waals surface area contributed by atoms with Crippen molar-refractivity contribution in [3.05, 3.63) is 29.8 Å². The number of aliphatic hydroxyl groups excluding tert-OH is 1. The van der Waals surface area contributed by atoms with Crippen molar-refractivity contribution in [2.75, 3.05) is 13.2 Å². The summed E-state index contributed by atoms with van der Waals surface area (Å²) in [4.78, 5) is 0. The van der Waals surface area contributed by atoms with Gasteiger partial charge in [-0.2, -0.15) is 0 Å². The maximum Gasteiger partial charge on any atom is 0.573 e. The highest BCUT2D eigenvalue weighted by Crippen LogP contribution is 2.36. The number of hydrogen-bond donors (Lipinski definition) is 1. The molecule has 1 aromatic rings. The van der Waals surface area contributed by atoms with Gasteiger partial charge in [0.05, 0.1) is 6.61 Å². The van der Waals surface area contributed by atoms with Crippen molar-refractivity contribution in [3.63, 3.8) is 0 Å². The van der Waals surface area contributed by atoms with Gasteiger partial charge in [-0.3, -0.25) is 0 Å². The lowest BCUT2D eigenvalue weighted by Gasteiger charge is -2.26. The summed E-state index contributed by atoms with van der Waals surface area (Å²) in [6.45, 7) is 0.355. The van der Waals surface area contributed by atoms with Crippen molar-refractivity contribution < 1.29 is 27.8 Å². The zero-order valence-electron chi connectivity index (χ0n) is 9.54. The van der Waals surface area contributed by atoms with Crippen LogP contribution in [-0.2, 0) is 10.3 Å². The molecule has 1 aliphatic rings. The predicted molar refractivity (Wildman–Crippen MR) is 57.1 cm³/mol. The van der Waals surface area contributed by atoms with Crippen LogP contribution in [0.15, 0.2) is 24.3 Å². The van der Waals surface area contributed by atoms with Crippen molar-refractivity contribution in [2.24, 2.45) is 0 Å². The molecule has 1 aliphatic heterocycles. The van der Waals surface area contributed by atoms with Crippen LogP contribution in [0.25, 0.3) is 0 Å². The van der Waals surface area contributed by atoms with Gasteiger partial charge < -0.3 is 14.6 Å². The number of hydrogen-bond acceptors (Lipinski definition) is 3. The number of aliphatic hydroxyl groups is 1. The summed E-state index contributed by atoms with van der Waals surface area (Å²) in [5, 5.41) is 9.39. The molecule has 18 heavy (non-hydrogen) atoms.